The molecule has 0 fully saturated rings. The number of benzene rings is 3. The van der Waals surface area contributed by atoms with Gasteiger partial charge < -0.3 is 9.47 Å². The number of amides is 1. The third-order valence-corrected chi connectivity index (χ3v) is 6.63. The zero-order valence-electron chi connectivity index (χ0n) is 22.5. The van der Waals surface area contributed by atoms with Crippen LogP contribution >= 0.6 is 0 Å². The van der Waals surface area contributed by atoms with Crippen molar-refractivity contribution in [3.05, 3.63) is 89.0 Å². The van der Waals surface area contributed by atoms with E-state index in [1.54, 1.807) is 0 Å². The van der Waals surface area contributed by atoms with Crippen molar-refractivity contribution < 1.29 is 19.1 Å². The standard InChI is InChI=1S/C32H37NO4/c1-21(2)23-18-17-22(11-10-16-30(34)37-32(3,4)5)29(19-23)33-31(35)36-20-28-26-14-8-6-12-24(26)25-13-7-9-15-27(25)28/h6-9,12-15,17-19,21,28H,10-11,16,20H2,1-5H3,(H,33,35). The molecular weight excluding hydrogens is 462 g/mol. The number of carbonyl (C=O) groups is 2. The minimum Gasteiger partial charge on any atom is -0.460 e. The smallest absolute Gasteiger partial charge is 0.411 e. The highest BCUT2D eigenvalue weighted by molar-refractivity contribution is 5.86. The van der Waals surface area contributed by atoms with Crippen molar-refractivity contribution in [3.8, 4) is 11.1 Å². The van der Waals surface area contributed by atoms with E-state index in [1.165, 1.54) is 22.3 Å². The van der Waals surface area contributed by atoms with Crippen LogP contribution in [0.2, 0.25) is 0 Å². The second-order valence-electron chi connectivity index (χ2n) is 11.0. The Morgan fingerprint density at radius 3 is 2.14 bits per heavy atom. The maximum atomic E-state index is 13.0. The van der Waals surface area contributed by atoms with Crippen molar-refractivity contribution in [1.29, 1.82) is 0 Å². The summed E-state index contributed by atoms with van der Waals surface area (Å²) < 4.78 is 11.2. The number of hydrogen-bond acceptors (Lipinski definition) is 4. The summed E-state index contributed by atoms with van der Waals surface area (Å²) in [5.74, 6) is 0.115. The number of esters is 1. The first-order valence-electron chi connectivity index (χ1n) is 13.1. The summed E-state index contributed by atoms with van der Waals surface area (Å²) in [7, 11) is 0. The minimum absolute atomic E-state index is 0.00782. The molecule has 194 valence electrons. The van der Waals surface area contributed by atoms with Gasteiger partial charge in [-0.05, 0) is 79.0 Å². The van der Waals surface area contributed by atoms with Crippen molar-refractivity contribution in [2.24, 2.45) is 0 Å². The van der Waals surface area contributed by atoms with Crippen molar-refractivity contribution in [2.45, 2.75) is 71.3 Å². The molecule has 0 aliphatic heterocycles. The number of carbonyl (C=O) groups excluding carboxylic acids is 2. The molecule has 37 heavy (non-hydrogen) atoms. The molecule has 1 amide bonds. The van der Waals surface area contributed by atoms with Crippen LogP contribution in [-0.2, 0) is 20.7 Å². The molecule has 0 saturated heterocycles. The largest absolute Gasteiger partial charge is 0.460 e. The Hall–Kier alpha value is -3.60. The summed E-state index contributed by atoms with van der Waals surface area (Å²) in [6.07, 6.45) is 1.13. The number of nitrogens with one attached hydrogen (secondary N) is 1. The van der Waals surface area contributed by atoms with E-state index in [9.17, 15) is 9.59 Å². The first kappa shape index (κ1) is 26.5. The van der Waals surface area contributed by atoms with Gasteiger partial charge in [0.25, 0.3) is 0 Å². The molecule has 1 aliphatic rings. The quantitative estimate of drug-likeness (QED) is 0.321. The van der Waals surface area contributed by atoms with E-state index in [4.69, 9.17) is 9.47 Å². The van der Waals surface area contributed by atoms with Gasteiger partial charge in [-0.3, -0.25) is 10.1 Å². The third-order valence-electron chi connectivity index (χ3n) is 6.63. The lowest BCUT2D eigenvalue weighted by Gasteiger charge is -2.19. The minimum atomic E-state index is -0.493. The predicted molar refractivity (Wildman–Crippen MR) is 148 cm³/mol. The number of rotatable bonds is 8. The lowest BCUT2D eigenvalue weighted by atomic mass is 9.98. The first-order valence-corrected chi connectivity index (χ1v) is 13.1. The highest BCUT2D eigenvalue weighted by Crippen LogP contribution is 2.44. The number of aryl methyl sites for hydroxylation is 1. The van der Waals surface area contributed by atoms with E-state index >= 15 is 0 Å². The van der Waals surface area contributed by atoms with Crippen molar-refractivity contribution in [2.75, 3.05) is 11.9 Å². The Morgan fingerprint density at radius 2 is 1.54 bits per heavy atom. The van der Waals surface area contributed by atoms with Crippen LogP contribution in [0.1, 0.15) is 81.5 Å². The molecule has 0 saturated carbocycles. The second kappa shape index (κ2) is 11.2. The highest BCUT2D eigenvalue weighted by atomic mass is 16.6. The SMILES string of the molecule is CC(C)c1ccc(CCCC(=O)OC(C)(C)C)c(NC(=O)OCC2c3ccccc3-c3ccccc32)c1. The Kier molecular flexibility index (Phi) is 8.01. The molecule has 0 unspecified atom stereocenters. The average molecular weight is 500 g/mol. The van der Waals surface area contributed by atoms with E-state index in [0.29, 0.717) is 25.2 Å². The van der Waals surface area contributed by atoms with Crippen LogP contribution in [0.5, 0.6) is 0 Å². The molecule has 5 heteroatoms. The van der Waals surface area contributed by atoms with Crippen LogP contribution in [0.15, 0.2) is 66.7 Å². The van der Waals surface area contributed by atoms with Crippen LogP contribution < -0.4 is 5.32 Å². The lowest BCUT2D eigenvalue weighted by Crippen LogP contribution is -2.23. The topological polar surface area (TPSA) is 64.6 Å². The van der Waals surface area contributed by atoms with Crippen molar-refractivity contribution >= 4 is 17.7 Å². The number of anilines is 1. The average Bonchev–Trinajstić information content (AvgIpc) is 3.16. The Balaban J connectivity index is 1.43. The third kappa shape index (κ3) is 6.59. The van der Waals surface area contributed by atoms with Crippen LogP contribution in [0, 0.1) is 0 Å². The number of fused-ring (bicyclic) bond motifs is 3. The fourth-order valence-electron chi connectivity index (χ4n) is 4.85. The predicted octanol–water partition coefficient (Wildman–Crippen LogP) is 7.84. The van der Waals surface area contributed by atoms with E-state index in [1.807, 2.05) is 57.2 Å². The van der Waals surface area contributed by atoms with E-state index < -0.39 is 11.7 Å². The van der Waals surface area contributed by atoms with Gasteiger partial charge in [0.1, 0.15) is 12.2 Å². The Morgan fingerprint density at radius 1 is 0.919 bits per heavy atom. The summed E-state index contributed by atoms with van der Waals surface area (Å²) in [5.41, 5.74) is 7.10. The highest BCUT2D eigenvalue weighted by Gasteiger charge is 2.29. The summed E-state index contributed by atoms with van der Waals surface area (Å²) in [6.45, 7) is 10.1. The zero-order valence-corrected chi connectivity index (χ0v) is 22.5. The molecule has 5 nitrogen and oxygen atoms in total. The maximum Gasteiger partial charge on any atom is 0.411 e. The summed E-state index contributed by atoms with van der Waals surface area (Å²) in [6, 6.07) is 22.7. The van der Waals surface area contributed by atoms with E-state index in [-0.39, 0.29) is 18.5 Å². The van der Waals surface area contributed by atoms with Gasteiger partial charge in [0, 0.05) is 18.0 Å². The van der Waals surface area contributed by atoms with Crippen LogP contribution in [-0.4, -0.2) is 24.3 Å². The molecule has 0 bridgehead atoms. The molecule has 4 rings (SSSR count). The molecule has 3 aromatic rings. The summed E-state index contributed by atoms with van der Waals surface area (Å²) >= 11 is 0. The maximum absolute atomic E-state index is 13.0. The normalized spacial score (nSPS) is 12.7. The van der Waals surface area contributed by atoms with Crippen LogP contribution in [0.25, 0.3) is 11.1 Å². The van der Waals surface area contributed by atoms with Crippen LogP contribution in [0.3, 0.4) is 0 Å². The lowest BCUT2D eigenvalue weighted by molar-refractivity contribution is -0.154. The molecular formula is C32H37NO4. The fourth-order valence-corrected chi connectivity index (χ4v) is 4.85. The van der Waals surface area contributed by atoms with Gasteiger partial charge in [-0.15, -0.1) is 0 Å². The summed E-state index contributed by atoms with van der Waals surface area (Å²) in [5, 5.41) is 2.98. The first-order chi connectivity index (χ1) is 17.6. The molecule has 0 spiro atoms. The molecule has 0 radical (unpaired) electrons. The molecule has 0 aromatic heterocycles. The fraction of sp³-hybridized carbons (Fsp3) is 0.375. The van der Waals surface area contributed by atoms with Gasteiger partial charge in [0.05, 0.1) is 0 Å². The van der Waals surface area contributed by atoms with Gasteiger partial charge in [-0.25, -0.2) is 4.79 Å². The molecule has 0 heterocycles. The molecule has 1 aliphatic carbocycles. The summed E-state index contributed by atoms with van der Waals surface area (Å²) in [4.78, 5) is 25.1. The Bertz CT molecular complexity index is 1230. The molecule has 1 N–H and O–H groups in total. The van der Waals surface area contributed by atoms with Gasteiger partial charge in [0.15, 0.2) is 0 Å². The van der Waals surface area contributed by atoms with E-state index in [0.717, 1.165) is 16.8 Å². The van der Waals surface area contributed by atoms with Crippen molar-refractivity contribution in [3.63, 3.8) is 0 Å². The molecule has 3 aromatic carbocycles. The van der Waals surface area contributed by atoms with E-state index in [2.05, 4.69) is 49.5 Å². The van der Waals surface area contributed by atoms with Gasteiger partial charge >= 0.3 is 12.1 Å². The Labute approximate surface area is 220 Å². The van der Waals surface area contributed by atoms with Crippen LogP contribution in [0.4, 0.5) is 10.5 Å². The van der Waals surface area contributed by atoms with Gasteiger partial charge in [-0.1, -0.05) is 74.5 Å². The number of ether oxygens (including phenoxy) is 2. The van der Waals surface area contributed by atoms with Crippen molar-refractivity contribution in [1.82, 2.24) is 0 Å². The van der Waals surface area contributed by atoms with Gasteiger partial charge in [-0.2, -0.15) is 0 Å². The van der Waals surface area contributed by atoms with Gasteiger partial charge in [0.2, 0.25) is 0 Å². The second-order valence-corrected chi connectivity index (χ2v) is 11.0. The monoisotopic (exact) mass is 499 g/mol. The zero-order chi connectivity index (χ0) is 26.6. The number of hydrogen-bond donors (Lipinski definition) is 1. The molecule has 0 atom stereocenters.